The van der Waals surface area contributed by atoms with Gasteiger partial charge in [-0.05, 0) is 43.7 Å². The van der Waals surface area contributed by atoms with Gasteiger partial charge in [-0.1, -0.05) is 0 Å². The van der Waals surface area contributed by atoms with Crippen molar-refractivity contribution in [2.24, 2.45) is 0 Å². The zero-order chi connectivity index (χ0) is 13.1. The molecule has 1 heterocycles. The molecule has 0 aliphatic rings. The molecular weight excluding hydrogens is 232 g/mol. The Morgan fingerprint density at radius 1 is 1.17 bits per heavy atom. The van der Waals surface area contributed by atoms with Crippen LogP contribution in [-0.4, -0.2) is 21.3 Å². The van der Waals surface area contributed by atoms with Crippen molar-refractivity contribution >= 4 is 5.97 Å². The first-order chi connectivity index (χ1) is 8.56. The molecule has 0 aliphatic heterocycles. The molecule has 0 radical (unpaired) electrons. The Kier molecular flexibility index (Phi) is 3.23. The number of carboxylic acid groups (broad SMARTS) is 1. The van der Waals surface area contributed by atoms with E-state index < -0.39 is 5.97 Å². The van der Waals surface area contributed by atoms with Gasteiger partial charge in [0.1, 0.15) is 5.75 Å². The summed E-state index contributed by atoms with van der Waals surface area (Å²) in [6.45, 7) is 3.56. The van der Waals surface area contributed by atoms with Crippen molar-refractivity contribution in [1.29, 1.82) is 0 Å². The Bertz CT molecular complexity index is 579. The largest absolute Gasteiger partial charge is 0.478 e. The zero-order valence-corrected chi connectivity index (χ0v) is 10.0. The molecule has 18 heavy (non-hydrogen) atoms. The van der Waals surface area contributed by atoms with E-state index in [4.69, 9.17) is 9.84 Å². The number of hydrogen-bond acceptors (Lipinski definition) is 4. The van der Waals surface area contributed by atoms with E-state index in [1.807, 2.05) is 6.92 Å². The second kappa shape index (κ2) is 4.83. The summed E-state index contributed by atoms with van der Waals surface area (Å²) in [6.07, 6.45) is 0. The van der Waals surface area contributed by atoms with Crippen molar-refractivity contribution in [2.45, 2.75) is 13.8 Å². The maximum atomic E-state index is 10.9. The van der Waals surface area contributed by atoms with Gasteiger partial charge in [0, 0.05) is 6.07 Å². The molecule has 0 bridgehead atoms. The van der Waals surface area contributed by atoms with E-state index >= 15 is 0 Å². The van der Waals surface area contributed by atoms with Crippen molar-refractivity contribution in [1.82, 2.24) is 10.2 Å². The fourth-order valence-corrected chi connectivity index (χ4v) is 1.50. The standard InChI is InChI=1S/C13H12N2O3/c1-8-7-10(4-5-11(8)13(16)17)18-12-6-3-9(2)14-15-12/h3-7H,1-2H3,(H,16,17). The van der Waals surface area contributed by atoms with E-state index in [1.54, 1.807) is 31.2 Å². The number of benzene rings is 1. The second-order valence-electron chi connectivity index (χ2n) is 3.90. The van der Waals surface area contributed by atoms with Gasteiger partial charge >= 0.3 is 5.97 Å². The summed E-state index contributed by atoms with van der Waals surface area (Å²) in [7, 11) is 0. The maximum Gasteiger partial charge on any atom is 0.335 e. The lowest BCUT2D eigenvalue weighted by Gasteiger charge is -2.06. The van der Waals surface area contributed by atoms with Crippen molar-refractivity contribution in [3.8, 4) is 11.6 Å². The molecule has 0 amide bonds. The van der Waals surface area contributed by atoms with E-state index in [1.165, 1.54) is 6.07 Å². The van der Waals surface area contributed by atoms with Crippen molar-refractivity contribution in [3.63, 3.8) is 0 Å². The average Bonchev–Trinajstić information content (AvgIpc) is 2.32. The van der Waals surface area contributed by atoms with Crippen LogP contribution in [0.15, 0.2) is 30.3 Å². The fraction of sp³-hybridized carbons (Fsp3) is 0.154. The van der Waals surface area contributed by atoms with Crippen molar-refractivity contribution in [2.75, 3.05) is 0 Å². The van der Waals surface area contributed by atoms with Crippen LogP contribution in [0.1, 0.15) is 21.6 Å². The molecule has 0 atom stereocenters. The van der Waals surface area contributed by atoms with Gasteiger partial charge < -0.3 is 9.84 Å². The molecule has 0 saturated carbocycles. The van der Waals surface area contributed by atoms with Crippen molar-refractivity contribution in [3.05, 3.63) is 47.2 Å². The van der Waals surface area contributed by atoms with Crippen LogP contribution in [0.2, 0.25) is 0 Å². The summed E-state index contributed by atoms with van der Waals surface area (Å²) in [5.74, 6) is -0.0343. The van der Waals surface area contributed by atoms with Gasteiger partial charge in [0.05, 0.1) is 11.3 Å². The lowest BCUT2D eigenvalue weighted by molar-refractivity contribution is 0.0696. The Hall–Kier alpha value is -2.43. The van der Waals surface area contributed by atoms with Gasteiger partial charge in [-0.3, -0.25) is 0 Å². The Labute approximate surface area is 104 Å². The highest BCUT2D eigenvalue weighted by molar-refractivity contribution is 5.89. The Morgan fingerprint density at radius 3 is 2.50 bits per heavy atom. The summed E-state index contributed by atoms with van der Waals surface area (Å²) in [4.78, 5) is 10.9. The van der Waals surface area contributed by atoms with Gasteiger partial charge in [0.15, 0.2) is 0 Å². The smallest absolute Gasteiger partial charge is 0.335 e. The minimum Gasteiger partial charge on any atom is -0.478 e. The zero-order valence-electron chi connectivity index (χ0n) is 10.0. The van der Waals surface area contributed by atoms with Crippen LogP contribution >= 0.6 is 0 Å². The van der Waals surface area contributed by atoms with Gasteiger partial charge in [0.2, 0.25) is 5.88 Å². The first-order valence-corrected chi connectivity index (χ1v) is 5.38. The predicted molar refractivity (Wildman–Crippen MR) is 65.0 cm³/mol. The lowest BCUT2D eigenvalue weighted by Crippen LogP contribution is -1.99. The number of aromatic carboxylic acids is 1. The van der Waals surface area contributed by atoms with Crippen LogP contribution in [-0.2, 0) is 0 Å². The van der Waals surface area contributed by atoms with E-state index in [2.05, 4.69) is 10.2 Å². The first kappa shape index (κ1) is 12.0. The van der Waals surface area contributed by atoms with Crippen LogP contribution < -0.4 is 4.74 Å². The minimum atomic E-state index is -0.950. The number of aromatic nitrogens is 2. The molecule has 5 heteroatoms. The SMILES string of the molecule is Cc1ccc(Oc2ccc(C(=O)O)c(C)c2)nn1. The lowest BCUT2D eigenvalue weighted by atomic mass is 10.1. The molecule has 5 nitrogen and oxygen atoms in total. The number of carbonyl (C=O) groups is 1. The number of rotatable bonds is 3. The fourth-order valence-electron chi connectivity index (χ4n) is 1.50. The third-order valence-electron chi connectivity index (χ3n) is 2.42. The van der Waals surface area contributed by atoms with Gasteiger partial charge in [-0.25, -0.2) is 4.79 Å². The summed E-state index contributed by atoms with van der Waals surface area (Å²) in [5.41, 5.74) is 1.71. The number of ether oxygens (including phenoxy) is 1. The van der Waals surface area contributed by atoms with E-state index in [0.717, 1.165) is 5.69 Å². The Morgan fingerprint density at radius 2 is 1.94 bits per heavy atom. The van der Waals surface area contributed by atoms with E-state index in [9.17, 15) is 4.79 Å². The number of aryl methyl sites for hydroxylation is 2. The van der Waals surface area contributed by atoms with Crippen LogP contribution in [0.5, 0.6) is 11.6 Å². The van der Waals surface area contributed by atoms with Gasteiger partial charge in [-0.2, -0.15) is 5.10 Å². The number of carboxylic acids is 1. The average molecular weight is 244 g/mol. The highest BCUT2D eigenvalue weighted by Gasteiger charge is 2.08. The molecule has 1 aromatic carbocycles. The normalized spacial score (nSPS) is 10.1. The van der Waals surface area contributed by atoms with E-state index in [-0.39, 0.29) is 5.56 Å². The number of hydrogen-bond donors (Lipinski definition) is 1. The molecule has 2 aromatic rings. The van der Waals surface area contributed by atoms with Crippen LogP contribution in [0.3, 0.4) is 0 Å². The highest BCUT2D eigenvalue weighted by Crippen LogP contribution is 2.22. The van der Waals surface area contributed by atoms with Gasteiger partial charge in [0.25, 0.3) is 0 Å². The molecular formula is C13H12N2O3. The summed E-state index contributed by atoms with van der Waals surface area (Å²) in [6, 6.07) is 8.27. The third kappa shape index (κ3) is 2.63. The molecule has 0 fully saturated rings. The molecule has 0 spiro atoms. The molecule has 0 saturated heterocycles. The minimum absolute atomic E-state index is 0.261. The molecule has 0 aliphatic carbocycles. The monoisotopic (exact) mass is 244 g/mol. The molecule has 2 rings (SSSR count). The highest BCUT2D eigenvalue weighted by atomic mass is 16.5. The van der Waals surface area contributed by atoms with Crippen LogP contribution in [0, 0.1) is 13.8 Å². The summed E-state index contributed by atoms with van der Waals surface area (Å²) < 4.78 is 5.48. The topological polar surface area (TPSA) is 72.3 Å². The third-order valence-corrected chi connectivity index (χ3v) is 2.42. The molecule has 1 N–H and O–H groups in total. The van der Waals surface area contributed by atoms with Crippen molar-refractivity contribution < 1.29 is 14.6 Å². The number of nitrogens with zero attached hydrogens (tertiary/aromatic N) is 2. The first-order valence-electron chi connectivity index (χ1n) is 5.38. The molecule has 1 aromatic heterocycles. The Balaban J connectivity index is 2.22. The molecule has 0 unspecified atom stereocenters. The van der Waals surface area contributed by atoms with Crippen LogP contribution in [0.25, 0.3) is 0 Å². The van der Waals surface area contributed by atoms with Gasteiger partial charge in [-0.15, -0.1) is 5.10 Å². The molecule has 92 valence electrons. The van der Waals surface area contributed by atoms with Crippen LogP contribution in [0.4, 0.5) is 0 Å². The second-order valence-corrected chi connectivity index (χ2v) is 3.90. The van der Waals surface area contributed by atoms with E-state index in [0.29, 0.717) is 17.2 Å². The predicted octanol–water partition coefficient (Wildman–Crippen LogP) is 2.58. The quantitative estimate of drug-likeness (QED) is 0.898. The maximum absolute atomic E-state index is 10.9. The summed E-state index contributed by atoms with van der Waals surface area (Å²) in [5, 5.41) is 16.7. The summed E-state index contributed by atoms with van der Waals surface area (Å²) >= 11 is 0.